The zero-order valence-corrected chi connectivity index (χ0v) is 12.7. The zero-order chi connectivity index (χ0) is 15.6. The van der Waals surface area contributed by atoms with E-state index in [-0.39, 0.29) is 17.6 Å². The summed E-state index contributed by atoms with van der Waals surface area (Å²) in [5, 5.41) is 12.2. The fraction of sp³-hybridized carbons (Fsp3) is 0.500. The number of hydrogen-bond acceptors (Lipinski definition) is 3. The molecular weight excluding hydrogens is 268 g/mol. The van der Waals surface area contributed by atoms with Crippen molar-refractivity contribution in [3.8, 4) is 5.75 Å². The fourth-order valence-electron chi connectivity index (χ4n) is 2.59. The summed E-state index contributed by atoms with van der Waals surface area (Å²) in [6.45, 7) is 5.96. The third kappa shape index (κ3) is 2.73. The summed E-state index contributed by atoms with van der Waals surface area (Å²) in [5.74, 6) is 0.0379. The van der Waals surface area contributed by atoms with Gasteiger partial charge >= 0.3 is 0 Å². The van der Waals surface area contributed by atoms with Gasteiger partial charge in [0.05, 0.1) is 0 Å². The van der Waals surface area contributed by atoms with E-state index in [1.165, 1.54) is 0 Å². The zero-order valence-electron chi connectivity index (χ0n) is 12.7. The molecule has 0 aromatic heterocycles. The van der Waals surface area contributed by atoms with Crippen LogP contribution in [0.4, 0.5) is 0 Å². The fourth-order valence-corrected chi connectivity index (χ4v) is 2.59. The van der Waals surface area contributed by atoms with Gasteiger partial charge in [-0.05, 0) is 37.5 Å². The SMILES string of the molecule is CCC1NC(=O)C(C)(CC)N(Cc2ccc(O)cc2)C1=O. The highest BCUT2D eigenvalue weighted by atomic mass is 16.3. The molecule has 2 N–H and O–H groups in total. The van der Waals surface area contributed by atoms with Crippen LogP contribution in [0.15, 0.2) is 24.3 Å². The van der Waals surface area contributed by atoms with Crippen molar-refractivity contribution in [1.82, 2.24) is 10.2 Å². The summed E-state index contributed by atoms with van der Waals surface area (Å²) < 4.78 is 0. The lowest BCUT2D eigenvalue weighted by Crippen LogP contribution is -2.68. The van der Waals surface area contributed by atoms with Crippen LogP contribution in [-0.2, 0) is 16.1 Å². The Labute approximate surface area is 125 Å². The summed E-state index contributed by atoms with van der Waals surface area (Å²) in [6.07, 6.45) is 1.13. The van der Waals surface area contributed by atoms with Gasteiger partial charge < -0.3 is 15.3 Å². The molecule has 2 amide bonds. The maximum atomic E-state index is 12.6. The minimum atomic E-state index is -0.833. The summed E-state index contributed by atoms with van der Waals surface area (Å²) in [4.78, 5) is 26.6. The number of carbonyl (C=O) groups excluding carboxylic acids is 2. The lowest BCUT2D eigenvalue weighted by atomic mass is 9.89. The van der Waals surface area contributed by atoms with Crippen LogP contribution in [0, 0.1) is 0 Å². The highest BCUT2D eigenvalue weighted by Crippen LogP contribution is 2.28. The minimum absolute atomic E-state index is 0.0467. The Morgan fingerprint density at radius 3 is 2.38 bits per heavy atom. The van der Waals surface area contributed by atoms with Gasteiger partial charge in [0.15, 0.2) is 0 Å². The summed E-state index contributed by atoms with van der Waals surface area (Å²) in [6, 6.07) is 6.27. The molecule has 1 aromatic carbocycles. The van der Waals surface area contributed by atoms with Gasteiger partial charge in [-0.25, -0.2) is 0 Å². The second-order valence-corrected chi connectivity index (χ2v) is 5.65. The topological polar surface area (TPSA) is 69.6 Å². The van der Waals surface area contributed by atoms with Crippen LogP contribution in [0.1, 0.15) is 39.2 Å². The molecule has 2 atom stereocenters. The maximum Gasteiger partial charge on any atom is 0.246 e. The monoisotopic (exact) mass is 290 g/mol. The Hall–Kier alpha value is -2.04. The highest BCUT2D eigenvalue weighted by molar-refractivity contribution is 5.99. The number of carbonyl (C=O) groups is 2. The van der Waals surface area contributed by atoms with Crippen molar-refractivity contribution in [2.24, 2.45) is 0 Å². The van der Waals surface area contributed by atoms with Crippen molar-refractivity contribution in [3.63, 3.8) is 0 Å². The first-order chi connectivity index (χ1) is 9.92. The van der Waals surface area contributed by atoms with Crippen LogP contribution in [0.2, 0.25) is 0 Å². The van der Waals surface area contributed by atoms with E-state index in [1.54, 1.807) is 36.1 Å². The predicted molar refractivity (Wildman–Crippen MR) is 79.6 cm³/mol. The lowest BCUT2D eigenvalue weighted by molar-refractivity contribution is -0.157. The van der Waals surface area contributed by atoms with Gasteiger partial charge in [-0.1, -0.05) is 26.0 Å². The Balaban J connectivity index is 2.32. The van der Waals surface area contributed by atoms with E-state index in [2.05, 4.69) is 5.32 Å². The van der Waals surface area contributed by atoms with E-state index in [9.17, 15) is 14.7 Å². The minimum Gasteiger partial charge on any atom is -0.508 e. The van der Waals surface area contributed by atoms with Gasteiger partial charge in [-0.3, -0.25) is 9.59 Å². The Morgan fingerprint density at radius 2 is 1.86 bits per heavy atom. The predicted octanol–water partition coefficient (Wildman–Crippen LogP) is 1.80. The summed E-state index contributed by atoms with van der Waals surface area (Å²) in [5.41, 5.74) is 0.0612. The second kappa shape index (κ2) is 5.76. The number of amides is 2. The van der Waals surface area contributed by atoms with E-state index < -0.39 is 11.6 Å². The van der Waals surface area contributed by atoms with Gasteiger partial charge in [-0.15, -0.1) is 0 Å². The van der Waals surface area contributed by atoms with Crippen molar-refractivity contribution in [1.29, 1.82) is 0 Å². The van der Waals surface area contributed by atoms with E-state index in [0.29, 0.717) is 19.4 Å². The average Bonchev–Trinajstić information content (AvgIpc) is 2.49. The molecule has 1 aromatic rings. The quantitative estimate of drug-likeness (QED) is 0.888. The molecule has 0 bridgehead atoms. The third-order valence-corrected chi connectivity index (χ3v) is 4.33. The average molecular weight is 290 g/mol. The molecule has 1 heterocycles. The molecule has 21 heavy (non-hydrogen) atoms. The molecule has 0 spiro atoms. The number of benzene rings is 1. The second-order valence-electron chi connectivity index (χ2n) is 5.65. The van der Waals surface area contributed by atoms with Crippen LogP contribution in [0.5, 0.6) is 5.75 Å². The van der Waals surface area contributed by atoms with Crippen molar-refractivity contribution in [2.75, 3.05) is 0 Å². The van der Waals surface area contributed by atoms with E-state index >= 15 is 0 Å². The molecule has 0 aliphatic carbocycles. The number of piperazine rings is 1. The molecule has 1 aliphatic heterocycles. The molecule has 1 saturated heterocycles. The van der Waals surface area contributed by atoms with Crippen molar-refractivity contribution in [3.05, 3.63) is 29.8 Å². The van der Waals surface area contributed by atoms with Crippen molar-refractivity contribution >= 4 is 11.8 Å². The van der Waals surface area contributed by atoms with E-state index in [4.69, 9.17) is 0 Å². The highest BCUT2D eigenvalue weighted by Gasteiger charge is 2.47. The van der Waals surface area contributed by atoms with Crippen LogP contribution in [0.3, 0.4) is 0 Å². The maximum absolute atomic E-state index is 12.6. The van der Waals surface area contributed by atoms with Crippen LogP contribution in [0.25, 0.3) is 0 Å². The number of rotatable bonds is 4. The van der Waals surface area contributed by atoms with Crippen molar-refractivity contribution in [2.45, 2.75) is 51.7 Å². The lowest BCUT2D eigenvalue weighted by Gasteiger charge is -2.46. The molecule has 1 fully saturated rings. The number of phenolic OH excluding ortho intramolecular Hbond substituents is 1. The molecule has 1 aliphatic rings. The standard InChI is InChI=1S/C16H22N2O3/c1-4-13-14(20)18(16(3,5-2)15(21)17-13)10-11-6-8-12(19)9-7-11/h6-9,13,19H,4-5,10H2,1-3H3,(H,17,21). The van der Waals surface area contributed by atoms with E-state index in [0.717, 1.165) is 5.56 Å². The number of nitrogens with zero attached hydrogens (tertiary/aromatic N) is 1. The van der Waals surface area contributed by atoms with Gasteiger partial charge in [-0.2, -0.15) is 0 Å². The smallest absolute Gasteiger partial charge is 0.246 e. The number of phenols is 1. The molecular formula is C16H22N2O3. The Bertz CT molecular complexity index is 541. The number of nitrogens with one attached hydrogen (secondary N) is 1. The molecule has 114 valence electrons. The number of hydrogen-bond donors (Lipinski definition) is 2. The molecule has 2 unspecified atom stereocenters. The number of aromatic hydroxyl groups is 1. The molecule has 2 rings (SSSR count). The van der Waals surface area contributed by atoms with Crippen molar-refractivity contribution < 1.29 is 14.7 Å². The first-order valence-electron chi connectivity index (χ1n) is 7.32. The molecule has 0 radical (unpaired) electrons. The van der Waals surface area contributed by atoms with Crippen LogP contribution < -0.4 is 5.32 Å². The largest absolute Gasteiger partial charge is 0.508 e. The summed E-state index contributed by atoms with van der Waals surface area (Å²) >= 11 is 0. The Kier molecular flexibility index (Phi) is 4.21. The molecule has 0 saturated carbocycles. The van der Waals surface area contributed by atoms with Gasteiger partial charge in [0.1, 0.15) is 17.3 Å². The normalized spacial score (nSPS) is 25.9. The summed E-state index contributed by atoms with van der Waals surface area (Å²) in [7, 11) is 0. The van der Waals surface area contributed by atoms with Gasteiger partial charge in [0, 0.05) is 6.54 Å². The van der Waals surface area contributed by atoms with Crippen LogP contribution >= 0.6 is 0 Å². The van der Waals surface area contributed by atoms with E-state index in [1.807, 2.05) is 13.8 Å². The van der Waals surface area contributed by atoms with Crippen LogP contribution in [-0.4, -0.2) is 33.4 Å². The molecule has 5 nitrogen and oxygen atoms in total. The first-order valence-corrected chi connectivity index (χ1v) is 7.32. The molecule has 5 heteroatoms. The Morgan fingerprint density at radius 1 is 1.24 bits per heavy atom. The third-order valence-electron chi connectivity index (χ3n) is 4.33. The first kappa shape index (κ1) is 15.4. The van der Waals surface area contributed by atoms with Gasteiger partial charge in [0.2, 0.25) is 11.8 Å². The van der Waals surface area contributed by atoms with Gasteiger partial charge in [0.25, 0.3) is 0 Å².